The van der Waals surface area contributed by atoms with Crippen LogP contribution >= 0.6 is 11.5 Å². The molecular weight excluding hydrogens is 319 g/mol. The van der Waals surface area contributed by atoms with Crippen LogP contribution in [0.2, 0.25) is 0 Å². The van der Waals surface area contributed by atoms with Crippen molar-refractivity contribution < 1.29 is 18.3 Å². The summed E-state index contributed by atoms with van der Waals surface area (Å²) in [6, 6.07) is 5.61. The van der Waals surface area contributed by atoms with Crippen molar-refractivity contribution >= 4 is 33.3 Å². The zero-order valence-corrected chi connectivity index (χ0v) is 11.5. The Kier molecular flexibility index (Phi) is 3.28. The number of nitrogens with one attached hydrogen (secondary N) is 2. The fourth-order valence-corrected chi connectivity index (χ4v) is 2.64. The van der Waals surface area contributed by atoms with Crippen LogP contribution in [0.25, 0.3) is 10.2 Å². The topological polar surface area (TPSA) is 78.0 Å². The average Bonchev–Trinajstić information content (AvgIpc) is 2.81. The fourth-order valence-electron chi connectivity index (χ4n) is 1.93. The molecule has 5 nitrogen and oxygen atoms in total. The number of aromatic nitrogens is 2. The Balaban J connectivity index is 2.02. The quantitative estimate of drug-likeness (QED) is 0.674. The minimum Gasteiger partial charge on any atom is -0.506 e. The number of aromatic hydroxyl groups is 1. The molecule has 22 heavy (non-hydrogen) atoms. The van der Waals surface area contributed by atoms with E-state index in [-0.39, 0.29) is 22.8 Å². The zero-order valence-electron chi connectivity index (χ0n) is 10.7. The second kappa shape index (κ2) is 5.02. The first kappa shape index (κ1) is 14.4. The first-order valence-corrected chi connectivity index (χ1v) is 6.78. The molecule has 0 amide bonds. The molecule has 0 bridgehead atoms. The van der Waals surface area contributed by atoms with Crippen LogP contribution in [-0.2, 0) is 6.18 Å². The van der Waals surface area contributed by atoms with E-state index in [2.05, 4.69) is 14.7 Å². The Morgan fingerprint density at radius 2 is 2.05 bits per heavy atom. The number of pyridine rings is 1. The van der Waals surface area contributed by atoms with Crippen LogP contribution in [0.4, 0.5) is 24.7 Å². The van der Waals surface area contributed by atoms with Gasteiger partial charge in [-0.2, -0.15) is 17.5 Å². The summed E-state index contributed by atoms with van der Waals surface area (Å²) in [5.41, 5.74) is -0.913. The molecule has 3 rings (SSSR count). The molecule has 0 unspecified atom stereocenters. The first-order valence-electron chi connectivity index (χ1n) is 6.00. The number of alkyl halides is 3. The lowest BCUT2D eigenvalue weighted by molar-refractivity contribution is -0.137. The van der Waals surface area contributed by atoms with Crippen LogP contribution in [0.3, 0.4) is 0 Å². The average molecular weight is 327 g/mol. The van der Waals surface area contributed by atoms with E-state index in [1.165, 1.54) is 12.1 Å². The highest BCUT2D eigenvalue weighted by Gasteiger charge is 2.30. The van der Waals surface area contributed by atoms with Crippen LogP contribution in [-0.4, -0.2) is 14.5 Å². The maximum absolute atomic E-state index is 12.7. The zero-order chi connectivity index (χ0) is 15.9. The van der Waals surface area contributed by atoms with E-state index in [4.69, 9.17) is 0 Å². The van der Waals surface area contributed by atoms with E-state index in [0.717, 1.165) is 29.7 Å². The lowest BCUT2D eigenvalue weighted by atomic mass is 10.2. The highest BCUT2D eigenvalue weighted by molar-refractivity contribution is 7.14. The number of aromatic amines is 1. The van der Waals surface area contributed by atoms with Gasteiger partial charge in [-0.05, 0) is 29.7 Å². The van der Waals surface area contributed by atoms with Crippen molar-refractivity contribution in [1.29, 1.82) is 0 Å². The molecule has 0 radical (unpaired) electrons. The van der Waals surface area contributed by atoms with E-state index in [9.17, 15) is 23.1 Å². The van der Waals surface area contributed by atoms with E-state index in [1.807, 2.05) is 0 Å². The van der Waals surface area contributed by atoms with Crippen molar-refractivity contribution in [3.8, 4) is 5.75 Å². The molecular formula is C13H8F3N3O2S. The molecule has 3 aromatic rings. The predicted molar refractivity (Wildman–Crippen MR) is 76.6 cm³/mol. The van der Waals surface area contributed by atoms with Crippen LogP contribution < -0.4 is 10.9 Å². The summed E-state index contributed by atoms with van der Waals surface area (Å²) in [7, 11) is 0. The highest BCUT2D eigenvalue weighted by atomic mass is 32.1. The monoisotopic (exact) mass is 327 g/mol. The lowest BCUT2D eigenvalue weighted by Crippen LogP contribution is -2.06. The minimum atomic E-state index is -4.45. The third-order valence-electron chi connectivity index (χ3n) is 2.89. The number of hydrogen-bond donors (Lipinski definition) is 3. The Labute approximate surface area is 125 Å². The summed E-state index contributed by atoms with van der Waals surface area (Å²) in [6.45, 7) is 0. The number of rotatable bonds is 2. The minimum absolute atomic E-state index is 0.172. The van der Waals surface area contributed by atoms with Gasteiger partial charge in [0.1, 0.15) is 16.0 Å². The van der Waals surface area contributed by atoms with Crippen LogP contribution in [0.15, 0.2) is 35.1 Å². The van der Waals surface area contributed by atoms with Crippen LogP contribution in [0, 0.1) is 0 Å². The molecule has 0 atom stereocenters. The van der Waals surface area contributed by atoms with Gasteiger partial charge in [-0.25, -0.2) is 0 Å². The van der Waals surface area contributed by atoms with Gasteiger partial charge in [0.25, 0.3) is 5.56 Å². The lowest BCUT2D eigenvalue weighted by Gasteiger charge is -2.09. The van der Waals surface area contributed by atoms with Crippen molar-refractivity contribution in [2.75, 3.05) is 5.32 Å². The molecule has 3 N–H and O–H groups in total. The number of anilines is 2. The molecule has 0 aliphatic heterocycles. The number of hydrogen-bond acceptors (Lipinski definition) is 5. The maximum atomic E-state index is 12.7. The van der Waals surface area contributed by atoms with Gasteiger partial charge in [0.05, 0.1) is 5.56 Å². The fraction of sp³-hybridized carbons (Fsp3) is 0.0769. The number of nitrogens with zero attached hydrogens (tertiary/aromatic N) is 1. The van der Waals surface area contributed by atoms with E-state index < -0.39 is 17.3 Å². The molecule has 114 valence electrons. The second-order valence-electron chi connectivity index (χ2n) is 4.46. The van der Waals surface area contributed by atoms with E-state index in [0.29, 0.717) is 4.70 Å². The standard InChI is InChI=1S/C13H8F3N3O2S/c14-13(15,16)6-2-1-3-7(4-6)17-12-10-11(22-19-12)8(20)5-9(21)18-10/h1-5H,(H,17,19)(H2,18,20,21). The van der Waals surface area contributed by atoms with Gasteiger partial charge in [0.2, 0.25) is 0 Å². The maximum Gasteiger partial charge on any atom is 0.416 e. The largest absolute Gasteiger partial charge is 0.506 e. The molecule has 0 saturated carbocycles. The van der Waals surface area contributed by atoms with Crippen molar-refractivity contribution in [3.05, 3.63) is 46.2 Å². The third kappa shape index (κ3) is 2.62. The van der Waals surface area contributed by atoms with Crippen molar-refractivity contribution in [2.24, 2.45) is 0 Å². The summed E-state index contributed by atoms with van der Waals surface area (Å²) in [4.78, 5) is 13.9. The van der Waals surface area contributed by atoms with Crippen LogP contribution in [0.1, 0.15) is 5.56 Å². The first-order chi connectivity index (χ1) is 10.3. The summed E-state index contributed by atoms with van der Waals surface area (Å²) in [5, 5.41) is 12.4. The molecule has 0 aliphatic rings. The number of H-pyrrole nitrogens is 1. The SMILES string of the molecule is O=c1cc(O)c2snc(Nc3cccc(C(F)(F)F)c3)c2[nH]1. The van der Waals surface area contributed by atoms with Crippen molar-refractivity contribution in [2.45, 2.75) is 6.18 Å². The smallest absolute Gasteiger partial charge is 0.416 e. The van der Waals surface area contributed by atoms with E-state index >= 15 is 0 Å². The summed E-state index contributed by atoms with van der Waals surface area (Å²) < 4.78 is 42.4. The summed E-state index contributed by atoms with van der Waals surface area (Å²) in [5.74, 6) is -0.0549. The van der Waals surface area contributed by atoms with Crippen molar-refractivity contribution in [3.63, 3.8) is 0 Å². The third-order valence-corrected chi connectivity index (χ3v) is 3.76. The molecule has 0 saturated heterocycles. The molecule has 0 aliphatic carbocycles. The Hall–Kier alpha value is -2.55. The normalized spacial score (nSPS) is 11.8. The molecule has 9 heteroatoms. The summed E-state index contributed by atoms with van der Waals surface area (Å²) in [6.07, 6.45) is -4.45. The van der Waals surface area contributed by atoms with Gasteiger partial charge in [0, 0.05) is 11.8 Å². The van der Waals surface area contributed by atoms with Gasteiger partial charge in [-0.3, -0.25) is 4.79 Å². The van der Waals surface area contributed by atoms with Gasteiger partial charge in [0.15, 0.2) is 5.82 Å². The Morgan fingerprint density at radius 3 is 2.77 bits per heavy atom. The Bertz CT molecular complexity index is 901. The Morgan fingerprint density at radius 1 is 1.27 bits per heavy atom. The van der Waals surface area contributed by atoms with Gasteiger partial charge in [-0.1, -0.05) is 6.07 Å². The highest BCUT2D eigenvalue weighted by Crippen LogP contribution is 2.34. The number of fused-ring (bicyclic) bond motifs is 1. The van der Waals surface area contributed by atoms with Gasteiger partial charge >= 0.3 is 6.18 Å². The van der Waals surface area contributed by atoms with Crippen molar-refractivity contribution in [1.82, 2.24) is 9.36 Å². The molecule has 2 aromatic heterocycles. The van der Waals surface area contributed by atoms with Crippen LogP contribution in [0.5, 0.6) is 5.75 Å². The van der Waals surface area contributed by atoms with Gasteiger partial charge < -0.3 is 15.4 Å². The number of benzene rings is 1. The number of halogens is 3. The molecule has 2 heterocycles. The second-order valence-corrected chi connectivity index (χ2v) is 5.23. The molecule has 0 spiro atoms. The van der Waals surface area contributed by atoms with E-state index in [1.54, 1.807) is 0 Å². The molecule has 1 aromatic carbocycles. The predicted octanol–water partition coefficient (Wildman–Crippen LogP) is 3.45. The van der Waals surface area contributed by atoms with Gasteiger partial charge in [-0.15, -0.1) is 0 Å². The molecule has 0 fully saturated rings. The summed E-state index contributed by atoms with van der Waals surface area (Å²) >= 11 is 0.923.